The number of benzene rings is 2. The molecule has 150 valence electrons. The van der Waals surface area contributed by atoms with Gasteiger partial charge in [-0.15, -0.1) is 11.8 Å². The van der Waals surface area contributed by atoms with Crippen LogP contribution in [-0.2, 0) is 4.79 Å². The van der Waals surface area contributed by atoms with Crippen LogP contribution >= 0.6 is 11.8 Å². The molecule has 8 heteroatoms. The third kappa shape index (κ3) is 6.16. The number of hydrogen-bond donors (Lipinski definition) is 1. The minimum atomic E-state index is -0.448. The van der Waals surface area contributed by atoms with E-state index in [0.717, 1.165) is 10.5 Å². The van der Waals surface area contributed by atoms with E-state index in [1.165, 1.54) is 23.9 Å². The van der Waals surface area contributed by atoms with E-state index in [1.807, 2.05) is 39.0 Å². The Morgan fingerprint density at radius 3 is 2.36 bits per heavy atom. The molecule has 0 unspecified atom stereocenters. The van der Waals surface area contributed by atoms with Crippen LogP contribution in [0.3, 0.4) is 0 Å². The predicted molar refractivity (Wildman–Crippen MR) is 109 cm³/mol. The topological polar surface area (TPSA) is 90.7 Å². The third-order valence-corrected chi connectivity index (χ3v) is 4.87. The Hall–Kier alpha value is -2.74. The number of nitro benzene ring substituents is 1. The quantitative estimate of drug-likeness (QED) is 0.359. The number of carbonyl (C=O) groups excluding carboxylic acids is 1. The molecule has 0 saturated heterocycles. The minimum Gasteiger partial charge on any atom is -0.490 e. The molecule has 0 saturated carbocycles. The van der Waals surface area contributed by atoms with Crippen molar-refractivity contribution >= 4 is 23.4 Å². The van der Waals surface area contributed by atoms with Crippen molar-refractivity contribution in [2.45, 2.75) is 31.7 Å². The molecule has 2 rings (SSSR count). The molecule has 0 radical (unpaired) electrons. The first-order valence-corrected chi connectivity index (χ1v) is 9.99. The second-order valence-corrected chi connectivity index (χ2v) is 6.95. The highest BCUT2D eigenvalue weighted by molar-refractivity contribution is 8.00. The van der Waals surface area contributed by atoms with E-state index in [-0.39, 0.29) is 23.4 Å². The molecule has 0 bridgehead atoms. The maximum atomic E-state index is 12.3. The molecule has 0 aliphatic heterocycles. The minimum absolute atomic E-state index is 0.0306. The summed E-state index contributed by atoms with van der Waals surface area (Å²) in [5.41, 5.74) is 0.948. The van der Waals surface area contributed by atoms with Gasteiger partial charge in [0, 0.05) is 17.0 Å². The number of ether oxygens (including phenoxy) is 2. The molecule has 0 fully saturated rings. The van der Waals surface area contributed by atoms with Gasteiger partial charge in [0.05, 0.1) is 29.9 Å². The van der Waals surface area contributed by atoms with Crippen LogP contribution in [0.25, 0.3) is 0 Å². The van der Waals surface area contributed by atoms with Crippen LogP contribution in [0, 0.1) is 10.1 Å². The normalized spacial score (nSPS) is 11.5. The average molecular weight is 404 g/mol. The standard InChI is InChI=1S/C20H24N2O5S/c1-4-26-18-11-6-15(12-19(18)27-5-2)14(3)21-20(23)13-28-17-9-7-16(8-10-17)22(24)25/h6-12,14H,4-5,13H2,1-3H3,(H,21,23)/t14-/m0/s1. The van der Waals surface area contributed by atoms with Crippen molar-refractivity contribution in [1.82, 2.24) is 5.32 Å². The number of nitrogens with one attached hydrogen (secondary N) is 1. The molecule has 0 aromatic heterocycles. The van der Waals surface area contributed by atoms with Gasteiger partial charge in [-0.05, 0) is 50.6 Å². The van der Waals surface area contributed by atoms with Crippen LogP contribution in [-0.4, -0.2) is 29.8 Å². The molecule has 28 heavy (non-hydrogen) atoms. The van der Waals surface area contributed by atoms with Crippen molar-refractivity contribution < 1.29 is 19.2 Å². The molecular formula is C20H24N2O5S. The van der Waals surface area contributed by atoms with Crippen molar-refractivity contribution in [2.75, 3.05) is 19.0 Å². The van der Waals surface area contributed by atoms with Crippen LogP contribution in [0.15, 0.2) is 47.4 Å². The highest BCUT2D eigenvalue weighted by Crippen LogP contribution is 2.31. The lowest BCUT2D eigenvalue weighted by Gasteiger charge is -2.17. The maximum absolute atomic E-state index is 12.3. The maximum Gasteiger partial charge on any atom is 0.269 e. The number of amides is 1. The molecule has 1 N–H and O–H groups in total. The molecule has 0 heterocycles. The summed E-state index contributed by atoms with van der Waals surface area (Å²) < 4.78 is 11.2. The highest BCUT2D eigenvalue weighted by atomic mass is 32.2. The Bertz CT molecular complexity index is 811. The fourth-order valence-electron chi connectivity index (χ4n) is 2.52. The summed E-state index contributed by atoms with van der Waals surface area (Å²) in [7, 11) is 0. The lowest BCUT2D eigenvalue weighted by Crippen LogP contribution is -2.28. The summed E-state index contributed by atoms with van der Waals surface area (Å²) in [5.74, 6) is 1.43. The number of hydrogen-bond acceptors (Lipinski definition) is 6. The fourth-order valence-corrected chi connectivity index (χ4v) is 3.23. The number of thioether (sulfide) groups is 1. The highest BCUT2D eigenvalue weighted by Gasteiger charge is 2.14. The Morgan fingerprint density at radius 2 is 1.75 bits per heavy atom. The van der Waals surface area contributed by atoms with Crippen molar-refractivity contribution in [1.29, 1.82) is 0 Å². The zero-order valence-electron chi connectivity index (χ0n) is 16.1. The Morgan fingerprint density at radius 1 is 1.11 bits per heavy atom. The largest absolute Gasteiger partial charge is 0.490 e. The molecular weight excluding hydrogens is 380 g/mol. The SMILES string of the molecule is CCOc1ccc([C@H](C)NC(=O)CSc2ccc([N+](=O)[O-])cc2)cc1OCC. The van der Waals surface area contributed by atoms with Crippen molar-refractivity contribution in [3.05, 3.63) is 58.1 Å². The van der Waals surface area contributed by atoms with Crippen LogP contribution in [0.1, 0.15) is 32.4 Å². The van der Waals surface area contributed by atoms with E-state index in [1.54, 1.807) is 12.1 Å². The first kappa shape index (κ1) is 21.6. The summed E-state index contributed by atoms with van der Waals surface area (Å²) in [4.78, 5) is 23.3. The molecule has 2 aromatic carbocycles. The number of non-ortho nitro benzene ring substituents is 1. The predicted octanol–water partition coefficient (Wildman–Crippen LogP) is 4.36. The molecule has 0 aliphatic carbocycles. The Balaban J connectivity index is 1.94. The van der Waals surface area contributed by atoms with Crippen LogP contribution < -0.4 is 14.8 Å². The summed E-state index contributed by atoms with van der Waals surface area (Å²) in [6.45, 7) is 6.79. The van der Waals surface area contributed by atoms with E-state index in [2.05, 4.69) is 5.32 Å². The summed E-state index contributed by atoms with van der Waals surface area (Å²) in [6.07, 6.45) is 0. The van der Waals surface area contributed by atoms with Gasteiger partial charge in [0.2, 0.25) is 5.91 Å². The molecule has 7 nitrogen and oxygen atoms in total. The van der Waals surface area contributed by atoms with Crippen LogP contribution in [0.5, 0.6) is 11.5 Å². The lowest BCUT2D eigenvalue weighted by molar-refractivity contribution is -0.384. The second-order valence-electron chi connectivity index (χ2n) is 5.90. The first-order chi connectivity index (χ1) is 13.4. The summed E-state index contributed by atoms with van der Waals surface area (Å²) in [6, 6.07) is 11.6. The first-order valence-electron chi connectivity index (χ1n) is 9.00. The molecule has 1 atom stereocenters. The third-order valence-electron chi connectivity index (χ3n) is 3.86. The van der Waals surface area contributed by atoms with E-state index in [4.69, 9.17) is 9.47 Å². The van der Waals surface area contributed by atoms with Gasteiger partial charge < -0.3 is 14.8 Å². The Labute approximate surface area is 168 Å². The number of carbonyl (C=O) groups is 1. The molecule has 0 aliphatic rings. The molecule has 2 aromatic rings. The summed E-state index contributed by atoms with van der Waals surface area (Å²) >= 11 is 1.33. The van der Waals surface area contributed by atoms with Crippen molar-refractivity contribution in [3.63, 3.8) is 0 Å². The van der Waals surface area contributed by atoms with Gasteiger partial charge >= 0.3 is 0 Å². The van der Waals surface area contributed by atoms with Gasteiger partial charge in [0.1, 0.15) is 0 Å². The summed E-state index contributed by atoms with van der Waals surface area (Å²) in [5, 5.41) is 13.6. The van der Waals surface area contributed by atoms with E-state index < -0.39 is 4.92 Å². The molecule has 0 spiro atoms. The zero-order chi connectivity index (χ0) is 20.5. The average Bonchev–Trinajstić information content (AvgIpc) is 2.68. The van der Waals surface area contributed by atoms with Gasteiger partial charge in [-0.3, -0.25) is 14.9 Å². The Kier molecular flexibility index (Phi) is 8.13. The monoisotopic (exact) mass is 404 g/mol. The van der Waals surface area contributed by atoms with E-state index >= 15 is 0 Å². The second kappa shape index (κ2) is 10.6. The lowest BCUT2D eigenvalue weighted by atomic mass is 10.1. The van der Waals surface area contributed by atoms with E-state index in [9.17, 15) is 14.9 Å². The number of nitrogens with zero attached hydrogens (tertiary/aromatic N) is 1. The molecule has 1 amide bonds. The van der Waals surface area contributed by atoms with Gasteiger partial charge in [-0.2, -0.15) is 0 Å². The smallest absolute Gasteiger partial charge is 0.269 e. The van der Waals surface area contributed by atoms with Crippen LogP contribution in [0.4, 0.5) is 5.69 Å². The number of rotatable bonds is 10. The van der Waals surface area contributed by atoms with Crippen molar-refractivity contribution in [3.8, 4) is 11.5 Å². The van der Waals surface area contributed by atoms with Crippen molar-refractivity contribution in [2.24, 2.45) is 0 Å². The van der Waals surface area contributed by atoms with Gasteiger partial charge in [-0.1, -0.05) is 6.07 Å². The van der Waals surface area contributed by atoms with Gasteiger partial charge in [-0.25, -0.2) is 0 Å². The van der Waals surface area contributed by atoms with Crippen LogP contribution in [0.2, 0.25) is 0 Å². The van der Waals surface area contributed by atoms with Gasteiger partial charge in [0.15, 0.2) is 11.5 Å². The number of nitro groups is 1. The van der Waals surface area contributed by atoms with E-state index in [0.29, 0.717) is 24.7 Å². The zero-order valence-corrected chi connectivity index (χ0v) is 17.0. The fraction of sp³-hybridized carbons (Fsp3) is 0.350. The van der Waals surface area contributed by atoms with Gasteiger partial charge in [0.25, 0.3) is 5.69 Å².